The molecule has 2 saturated heterocycles. The number of aryl methyl sites for hydroxylation is 2. The van der Waals surface area contributed by atoms with Crippen LogP contribution in [0.25, 0.3) is 0 Å². The molecule has 5 heteroatoms. The third-order valence-electron chi connectivity index (χ3n) is 6.78. The van der Waals surface area contributed by atoms with Crippen molar-refractivity contribution in [3.05, 3.63) is 34.9 Å². The first-order valence-corrected chi connectivity index (χ1v) is 11.4. The van der Waals surface area contributed by atoms with Crippen molar-refractivity contribution in [3.63, 3.8) is 0 Å². The number of likely N-dealkylation sites (tertiary alicyclic amines) is 1. The van der Waals surface area contributed by atoms with E-state index in [9.17, 15) is 4.79 Å². The summed E-state index contributed by atoms with van der Waals surface area (Å²) < 4.78 is 5.60. The number of carbonyl (C=O) groups excluding carboxylic acids is 1. The van der Waals surface area contributed by atoms with Gasteiger partial charge < -0.3 is 15.0 Å². The molecule has 0 aliphatic carbocycles. The maximum absolute atomic E-state index is 12.6. The maximum atomic E-state index is 12.6. The van der Waals surface area contributed by atoms with E-state index in [1.807, 2.05) is 18.2 Å². The summed E-state index contributed by atoms with van der Waals surface area (Å²) in [6.45, 7) is 14.4. The molecule has 1 aromatic rings. The molecule has 1 amide bonds. The second-order valence-corrected chi connectivity index (χ2v) is 9.00. The van der Waals surface area contributed by atoms with E-state index in [1.54, 1.807) is 0 Å². The normalized spacial score (nSPS) is 19.8. The predicted octanol–water partition coefficient (Wildman–Crippen LogP) is 3.39. The fourth-order valence-electron chi connectivity index (χ4n) is 4.70. The molecule has 0 saturated carbocycles. The van der Waals surface area contributed by atoms with Gasteiger partial charge in [0.1, 0.15) is 0 Å². The smallest absolute Gasteiger partial charge is 0.251 e. The lowest BCUT2D eigenvalue weighted by molar-refractivity contribution is 0.0000240. The van der Waals surface area contributed by atoms with E-state index >= 15 is 0 Å². The molecule has 2 fully saturated rings. The van der Waals surface area contributed by atoms with Crippen LogP contribution in [0.2, 0.25) is 0 Å². The summed E-state index contributed by atoms with van der Waals surface area (Å²) in [6.07, 6.45) is 4.66. The van der Waals surface area contributed by atoms with Crippen LogP contribution in [0.5, 0.6) is 0 Å². The van der Waals surface area contributed by atoms with Crippen LogP contribution < -0.4 is 5.32 Å². The van der Waals surface area contributed by atoms with Gasteiger partial charge in [0, 0.05) is 50.0 Å². The van der Waals surface area contributed by atoms with E-state index in [1.165, 1.54) is 37.1 Å². The third kappa shape index (κ3) is 6.03. The van der Waals surface area contributed by atoms with Gasteiger partial charge in [-0.15, -0.1) is 0 Å². The fraction of sp³-hybridized carbons (Fsp3) is 0.708. The van der Waals surface area contributed by atoms with Gasteiger partial charge in [0.05, 0.1) is 0 Å². The zero-order valence-electron chi connectivity index (χ0n) is 18.7. The number of hydrogen-bond acceptors (Lipinski definition) is 4. The Morgan fingerprint density at radius 3 is 2.38 bits per heavy atom. The number of carbonyl (C=O) groups is 1. The van der Waals surface area contributed by atoms with Gasteiger partial charge in [-0.05, 0) is 89.7 Å². The number of piperidine rings is 1. The molecule has 1 N–H and O–H groups in total. The number of amides is 1. The topological polar surface area (TPSA) is 44.8 Å². The van der Waals surface area contributed by atoms with Crippen molar-refractivity contribution in [2.24, 2.45) is 0 Å². The second-order valence-electron chi connectivity index (χ2n) is 9.00. The minimum Gasteiger partial charge on any atom is -0.381 e. The van der Waals surface area contributed by atoms with Crippen LogP contribution in [-0.2, 0) is 4.74 Å². The minimum atomic E-state index is 0.0367. The van der Waals surface area contributed by atoms with Gasteiger partial charge >= 0.3 is 0 Å². The highest BCUT2D eigenvalue weighted by atomic mass is 16.5. The molecule has 2 heterocycles. The zero-order chi connectivity index (χ0) is 20.8. The number of rotatable bonds is 7. The van der Waals surface area contributed by atoms with Gasteiger partial charge in [-0.1, -0.05) is 6.07 Å². The molecule has 3 rings (SSSR count). The van der Waals surface area contributed by atoms with Crippen LogP contribution in [0, 0.1) is 13.8 Å². The van der Waals surface area contributed by atoms with E-state index in [0.29, 0.717) is 24.7 Å². The van der Waals surface area contributed by atoms with Gasteiger partial charge in [0.2, 0.25) is 0 Å². The molecule has 162 valence electrons. The highest BCUT2D eigenvalue weighted by molar-refractivity contribution is 5.94. The monoisotopic (exact) mass is 401 g/mol. The van der Waals surface area contributed by atoms with Crippen molar-refractivity contribution in [1.82, 2.24) is 15.1 Å². The Morgan fingerprint density at radius 2 is 1.76 bits per heavy atom. The Hall–Kier alpha value is -1.43. The summed E-state index contributed by atoms with van der Waals surface area (Å²) in [5, 5.41) is 3.16. The van der Waals surface area contributed by atoms with Crippen LogP contribution in [0.4, 0.5) is 0 Å². The molecule has 0 aromatic heterocycles. The van der Waals surface area contributed by atoms with Crippen LogP contribution in [0.1, 0.15) is 61.0 Å². The molecule has 0 atom stereocenters. The Morgan fingerprint density at radius 1 is 1.10 bits per heavy atom. The molecule has 2 aliphatic rings. The first kappa shape index (κ1) is 22.3. The molecule has 0 spiro atoms. The predicted molar refractivity (Wildman–Crippen MR) is 119 cm³/mol. The minimum absolute atomic E-state index is 0.0367. The summed E-state index contributed by atoms with van der Waals surface area (Å²) in [7, 11) is 0. The highest BCUT2D eigenvalue weighted by Crippen LogP contribution is 2.24. The largest absolute Gasteiger partial charge is 0.381 e. The number of ether oxygens (including phenoxy) is 1. The van der Waals surface area contributed by atoms with Gasteiger partial charge in [0.25, 0.3) is 5.91 Å². The number of benzene rings is 1. The van der Waals surface area contributed by atoms with Crippen molar-refractivity contribution >= 4 is 5.91 Å². The van der Waals surface area contributed by atoms with Gasteiger partial charge in [-0.2, -0.15) is 0 Å². The average Bonchev–Trinajstić information content (AvgIpc) is 2.74. The van der Waals surface area contributed by atoms with Crippen molar-refractivity contribution < 1.29 is 9.53 Å². The van der Waals surface area contributed by atoms with E-state index in [4.69, 9.17) is 4.74 Å². The van der Waals surface area contributed by atoms with E-state index in [0.717, 1.165) is 38.2 Å². The van der Waals surface area contributed by atoms with Gasteiger partial charge in [0.15, 0.2) is 0 Å². The average molecular weight is 402 g/mol. The summed E-state index contributed by atoms with van der Waals surface area (Å²) in [6, 6.07) is 7.77. The molecule has 0 unspecified atom stereocenters. The quantitative estimate of drug-likeness (QED) is 0.761. The van der Waals surface area contributed by atoms with Crippen LogP contribution in [0.3, 0.4) is 0 Å². The lowest BCUT2D eigenvalue weighted by Gasteiger charge is -2.44. The summed E-state index contributed by atoms with van der Waals surface area (Å²) in [5.41, 5.74) is 3.15. The van der Waals surface area contributed by atoms with Crippen LogP contribution >= 0.6 is 0 Å². The second kappa shape index (κ2) is 10.6. The summed E-state index contributed by atoms with van der Waals surface area (Å²) in [5.74, 6) is 0.0367. The van der Waals surface area contributed by atoms with Gasteiger partial charge in [-0.25, -0.2) is 0 Å². The van der Waals surface area contributed by atoms with Crippen LogP contribution in [0.15, 0.2) is 18.2 Å². The van der Waals surface area contributed by atoms with Crippen LogP contribution in [-0.4, -0.2) is 73.2 Å². The first-order valence-electron chi connectivity index (χ1n) is 11.4. The molecule has 2 aliphatic heterocycles. The molecule has 5 nitrogen and oxygen atoms in total. The number of nitrogens with one attached hydrogen (secondary N) is 1. The van der Waals surface area contributed by atoms with Crippen molar-refractivity contribution in [3.8, 4) is 0 Å². The Balaban J connectivity index is 1.56. The number of hydrogen-bond donors (Lipinski definition) is 1. The molecular weight excluding hydrogens is 362 g/mol. The third-order valence-corrected chi connectivity index (χ3v) is 6.78. The fourth-order valence-corrected chi connectivity index (χ4v) is 4.70. The van der Waals surface area contributed by atoms with E-state index in [-0.39, 0.29) is 5.91 Å². The first-order chi connectivity index (χ1) is 14.0. The maximum Gasteiger partial charge on any atom is 0.251 e. The summed E-state index contributed by atoms with van der Waals surface area (Å²) >= 11 is 0. The Labute approximate surface area is 176 Å². The lowest BCUT2D eigenvalue weighted by atomic mass is 9.97. The highest BCUT2D eigenvalue weighted by Gasteiger charge is 2.31. The Kier molecular flexibility index (Phi) is 8.10. The molecule has 0 radical (unpaired) electrons. The van der Waals surface area contributed by atoms with E-state index < -0.39 is 0 Å². The SMILES string of the molecule is Cc1ccc(C(=O)NCCN(C2CCOCC2)C2CCN(C(C)C)CC2)cc1C. The van der Waals surface area contributed by atoms with Crippen molar-refractivity contribution in [2.75, 3.05) is 39.4 Å². The van der Waals surface area contributed by atoms with E-state index in [2.05, 4.69) is 42.8 Å². The summed E-state index contributed by atoms with van der Waals surface area (Å²) in [4.78, 5) is 17.9. The van der Waals surface area contributed by atoms with Crippen molar-refractivity contribution in [2.45, 2.75) is 71.5 Å². The number of nitrogens with zero attached hydrogens (tertiary/aromatic N) is 2. The van der Waals surface area contributed by atoms with Crippen molar-refractivity contribution in [1.29, 1.82) is 0 Å². The Bertz CT molecular complexity index is 662. The standard InChI is InChI=1S/C24H39N3O2/c1-18(2)26-12-7-22(8-13-26)27(23-9-15-29-16-10-23)14-11-25-24(28)21-6-5-19(3)20(4)17-21/h5-6,17-18,22-23H,7-16H2,1-4H3,(H,25,28). The lowest BCUT2D eigenvalue weighted by Crippen LogP contribution is -2.53. The molecule has 1 aromatic carbocycles. The zero-order valence-corrected chi connectivity index (χ0v) is 18.7. The van der Waals surface area contributed by atoms with Gasteiger partial charge in [-0.3, -0.25) is 9.69 Å². The molecule has 0 bridgehead atoms. The molecule has 29 heavy (non-hydrogen) atoms. The molecular formula is C24H39N3O2.